The van der Waals surface area contributed by atoms with Crippen LogP contribution in [0.4, 0.5) is 18.9 Å². The van der Waals surface area contributed by atoms with Gasteiger partial charge in [0.2, 0.25) is 0 Å². The summed E-state index contributed by atoms with van der Waals surface area (Å²) in [6.45, 7) is 8.54. The van der Waals surface area contributed by atoms with Crippen molar-refractivity contribution in [1.29, 1.82) is 0 Å². The molecule has 0 saturated carbocycles. The van der Waals surface area contributed by atoms with Gasteiger partial charge in [-0.3, -0.25) is 9.36 Å². The number of halogens is 4. The lowest BCUT2D eigenvalue weighted by Gasteiger charge is -2.38. The highest BCUT2D eigenvalue weighted by Gasteiger charge is 2.34. The number of hydrogen-bond donors (Lipinski definition) is 0. The molecule has 5 nitrogen and oxygen atoms in total. The van der Waals surface area contributed by atoms with Crippen LogP contribution in [0.25, 0.3) is 5.69 Å². The zero-order valence-electron chi connectivity index (χ0n) is 20.7. The maximum atomic E-state index is 13.2. The average molecular weight is 520 g/mol. The van der Waals surface area contributed by atoms with Gasteiger partial charge in [-0.25, -0.2) is 4.98 Å². The smallest absolute Gasteiger partial charge is 0.370 e. The quantitative estimate of drug-likeness (QED) is 0.389. The summed E-state index contributed by atoms with van der Waals surface area (Å²) in [4.78, 5) is 19.0. The summed E-state index contributed by atoms with van der Waals surface area (Å²) in [5.41, 5.74) is 0.975. The van der Waals surface area contributed by atoms with E-state index in [-0.39, 0.29) is 11.7 Å². The van der Waals surface area contributed by atoms with Crippen molar-refractivity contribution < 1.29 is 17.9 Å². The first-order valence-electron chi connectivity index (χ1n) is 11.8. The fourth-order valence-corrected chi connectivity index (χ4v) is 5.01. The van der Waals surface area contributed by atoms with Crippen LogP contribution in [0, 0.1) is 13.8 Å². The second kappa shape index (κ2) is 9.90. The Bertz CT molecular complexity index is 1310. The third-order valence-electron chi connectivity index (χ3n) is 6.53. The maximum absolute atomic E-state index is 13.2. The Morgan fingerprint density at radius 1 is 1.00 bits per heavy atom. The van der Waals surface area contributed by atoms with Crippen LogP contribution < -0.4 is 10.5 Å². The number of ether oxygens (including phenoxy) is 1. The van der Waals surface area contributed by atoms with Crippen molar-refractivity contribution in [1.82, 2.24) is 9.55 Å². The van der Waals surface area contributed by atoms with Gasteiger partial charge in [0.25, 0.3) is 5.56 Å². The van der Waals surface area contributed by atoms with Gasteiger partial charge in [-0.1, -0.05) is 23.7 Å². The minimum atomic E-state index is -4.39. The Labute approximate surface area is 213 Å². The van der Waals surface area contributed by atoms with E-state index < -0.39 is 17.3 Å². The van der Waals surface area contributed by atoms with Crippen molar-refractivity contribution in [2.45, 2.75) is 58.4 Å². The molecule has 0 radical (unpaired) electrons. The van der Waals surface area contributed by atoms with Gasteiger partial charge in [-0.05, 0) is 76.4 Å². The van der Waals surface area contributed by atoms with Gasteiger partial charge in [0.15, 0.2) is 0 Å². The number of aryl methyl sites for hydroxylation is 2. The molecular formula is C27H29ClF3N3O2. The Morgan fingerprint density at radius 2 is 1.67 bits per heavy atom. The second-order valence-corrected chi connectivity index (χ2v) is 10.1. The highest BCUT2D eigenvalue weighted by molar-refractivity contribution is 6.33. The molecule has 9 heteroatoms. The van der Waals surface area contributed by atoms with Crippen LogP contribution in [0.5, 0.6) is 0 Å². The Hall–Kier alpha value is -2.84. The third kappa shape index (κ3) is 5.60. The molecule has 2 aromatic carbocycles. The molecule has 3 aromatic rings. The molecule has 1 aliphatic rings. The summed E-state index contributed by atoms with van der Waals surface area (Å²) in [5, 5.41) is 0.531. The molecule has 0 N–H and O–H groups in total. The molecule has 0 amide bonds. The molecule has 1 aromatic heterocycles. The van der Waals surface area contributed by atoms with Gasteiger partial charge in [-0.2, -0.15) is 13.2 Å². The van der Waals surface area contributed by atoms with E-state index in [2.05, 4.69) is 9.88 Å². The highest BCUT2D eigenvalue weighted by Crippen LogP contribution is 2.36. The van der Waals surface area contributed by atoms with Crippen LogP contribution in [0.1, 0.15) is 49.3 Å². The lowest BCUT2D eigenvalue weighted by molar-refractivity contribution is -0.138. The van der Waals surface area contributed by atoms with E-state index in [0.717, 1.165) is 17.8 Å². The van der Waals surface area contributed by atoms with Gasteiger partial charge in [0.1, 0.15) is 5.82 Å². The normalized spacial score (nSPS) is 15.4. The van der Waals surface area contributed by atoms with Crippen LogP contribution in [-0.4, -0.2) is 28.7 Å². The predicted molar refractivity (Wildman–Crippen MR) is 135 cm³/mol. The number of anilines is 1. The molecule has 192 valence electrons. The molecule has 0 atom stereocenters. The molecule has 0 aliphatic carbocycles. The predicted octanol–water partition coefficient (Wildman–Crippen LogP) is 6.44. The summed E-state index contributed by atoms with van der Waals surface area (Å²) < 4.78 is 47.3. The number of alkyl halides is 3. The summed E-state index contributed by atoms with van der Waals surface area (Å²) in [6, 6.07) is 12.3. The fraction of sp³-hybridized carbons (Fsp3) is 0.407. The number of benzene rings is 2. The van der Waals surface area contributed by atoms with E-state index in [1.807, 2.05) is 12.1 Å². The summed E-state index contributed by atoms with van der Waals surface area (Å²) in [7, 11) is 0. The molecule has 1 fully saturated rings. The Kier molecular flexibility index (Phi) is 7.21. The number of piperidine rings is 1. The van der Waals surface area contributed by atoms with E-state index in [0.29, 0.717) is 53.7 Å². The van der Waals surface area contributed by atoms with E-state index in [9.17, 15) is 18.0 Å². The molecule has 0 unspecified atom stereocenters. The standard InChI is InChI=1S/C27H29ClF3N3O2/c1-17-14-25(35)34(18(2)32-17)21-8-9-24(23(28)16-21)33-12-10-22(11-13-33)36-26(3,4)19-6-5-7-20(15-19)27(29,30)31/h5-9,14-16,22H,10-13H2,1-4H3. The van der Waals surface area contributed by atoms with Crippen LogP contribution in [-0.2, 0) is 16.5 Å². The first kappa shape index (κ1) is 26.2. The SMILES string of the molecule is Cc1cc(=O)n(-c2ccc(N3CCC(OC(C)(C)c4cccc(C(F)(F)F)c4)CC3)c(Cl)c2)c(C)n1. The minimum absolute atomic E-state index is 0.0938. The fourth-order valence-electron chi connectivity index (χ4n) is 4.71. The van der Waals surface area contributed by atoms with Crippen LogP contribution in [0.15, 0.2) is 53.3 Å². The largest absolute Gasteiger partial charge is 0.416 e. The molecule has 4 rings (SSSR count). The Balaban J connectivity index is 1.44. The van der Waals surface area contributed by atoms with Crippen LogP contribution in [0.3, 0.4) is 0 Å². The van der Waals surface area contributed by atoms with E-state index >= 15 is 0 Å². The van der Waals surface area contributed by atoms with E-state index in [1.165, 1.54) is 16.7 Å². The second-order valence-electron chi connectivity index (χ2n) is 9.65. The topological polar surface area (TPSA) is 47.4 Å². The summed E-state index contributed by atoms with van der Waals surface area (Å²) in [6.07, 6.45) is -3.07. The molecular weight excluding hydrogens is 491 g/mol. The number of nitrogens with zero attached hydrogens (tertiary/aromatic N) is 3. The van der Waals surface area contributed by atoms with Crippen molar-refractivity contribution in [3.8, 4) is 5.69 Å². The lowest BCUT2D eigenvalue weighted by Crippen LogP contribution is -2.40. The van der Waals surface area contributed by atoms with Gasteiger partial charge in [0.05, 0.1) is 33.7 Å². The summed E-state index contributed by atoms with van der Waals surface area (Å²) >= 11 is 6.62. The zero-order valence-corrected chi connectivity index (χ0v) is 21.5. The van der Waals surface area contributed by atoms with Crippen molar-refractivity contribution in [3.63, 3.8) is 0 Å². The first-order chi connectivity index (χ1) is 16.8. The molecule has 0 bridgehead atoms. The van der Waals surface area contributed by atoms with Crippen molar-refractivity contribution >= 4 is 17.3 Å². The first-order valence-corrected chi connectivity index (χ1v) is 12.2. The molecule has 1 saturated heterocycles. The number of aromatic nitrogens is 2. The molecule has 36 heavy (non-hydrogen) atoms. The van der Waals surface area contributed by atoms with Crippen LogP contribution in [0.2, 0.25) is 5.02 Å². The minimum Gasteiger partial charge on any atom is -0.370 e. The van der Waals surface area contributed by atoms with Gasteiger partial charge in [0, 0.05) is 24.8 Å². The maximum Gasteiger partial charge on any atom is 0.416 e. The number of rotatable bonds is 5. The molecule has 2 heterocycles. The van der Waals surface area contributed by atoms with Gasteiger partial charge < -0.3 is 9.64 Å². The monoisotopic (exact) mass is 519 g/mol. The van der Waals surface area contributed by atoms with Crippen molar-refractivity contribution in [2.24, 2.45) is 0 Å². The zero-order chi connectivity index (χ0) is 26.3. The average Bonchev–Trinajstić information content (AvgIpc) is 2.78. The Morgan fingerprint density at radius 3 is 2.28 bits per heavy atom. The van der Waals surface area contributed by atoms with Crippen LogP contribution >= 0.6 is 11.6 Å². The van der Waals surface area contributed by atoms with Gasteiger partial charge in [-0.15, -0.1) is 0 Å². The van der Waals surface area contributed by atoms with Crippen molar-refractivity contribution in [3.05, 3.63) is 86.6 Å². The third-order valence-corrected chi connectivity index (χ3v) is 6.84. The summed E-state index contributed by atoms with van der Waals surface area (Å²) in [5.74, 6) is 0.588. The van der Waals surface area contributed by atoms with E-state index in [1.54, 1.807) is 39.8 Å². The van der Waals surface area contributed by atoms with Crippen molar-refractivity contribution in [2.75, 3.05) is 18.0 Å². The lowest BCUT2D eigenvalue weighted by atomic mass is 9.95. The molecule has 0 spiro atoms. The molecule has 1 aliphatic heterocycles. The highest BCUT2D eigenvalue weighted by atomic mass is 35.5. The van der Waals surface area contributed by atoms with Gasteiger partial charge >= 0.3 is 6.18 Å². The number of hydrogen-bond acceptors (Lipinski definition) is 4. The van der Waals surface area contributed by atoms with E-state index in [4.69, 9.17) is 16.3 Å².